The molecule has 0 rings (SSSR count). The number of ether oxygens (including phenoxy) is 4. The number of rotatable bonds is 87. The van der Waals surface area contributed by atoms with Crippen LogP contribution in [0.15, 0.2) is 0 Å². The van der Waals surface area contributed by atoms with Crippen molar-refractivity contribution in [3.8, 4) is 0 Å². The van der Waals surface area contributed by atoms with Crippen LogP contribution >= 0.6 is 15.6 Å². The summed E-state index contributed by atoms with van der Waals surface area (Å²) in [6.07, 6.45) is 72.3. The van der Waals surface area contributed by atoms with E-state index in [9.17, 15) is 43.2 Å². The molecule has 0 aromatic heterocycles. The molecule has 0 heterocycles. The SMILES string of the molecule is CCCCCCCCCCCCCCCCCCCCCCC(=O)O[C@H](COC(=O)CCCCCCCCCCCCCCCCCCCCC)COP(=O)(O)OC[C@@H](O)COP(=O)(O)OC[C@@H](COC(=O)CCCCCCCCCCCC(C)C)OC(=O)CCCCCCCCCCCCCCCC(C)C. The van der Waals surface area contributed by atoms with E-state index in [2.05, 4.69) is 41.5 Å². The second-order valence-electron chi connectivity index (χ2n) is 32.6. The summed E-state index contributed by atoms with van der Waals surface area (Å²) in [6, 6.07) is 0. The second kappa shape index (κ2) is 79.3. The van der Waals surface area contributed by atoms with Gasteiger partial charge in [0.2, 0.25) is 0 Å². The molecular formula is C88H172O17P2. The van der Waals surface area contributed by atoms with Crippen molar-refractivity contribution in [2.45, 2.75) is 490 Å². The van der Waals surface area contributed by atoms with E-state index in [1.165, 1.54) is 289 Å². The first-order valence-corrected chi connectivity index (χ1v) is 48.5. The van der Waals surface area contributed by atoms with Gasteiger partial charge in [0.15, 0.2) is 12.2 Å². The van der Waals surface area contributed by atoms with Crippen LogP contribution in [-0.2, 0) is 65.4 Å². The van der Waals surface area contributed by atoms with Gasteiger partial charge in [0.1, 0.15) is 19.3 Å². The van der Waals surface area contributed by atoms with Gasteiger partial charge in [-0.2, -0.15) is 0 Å². The van der Waals surface area contributed by atoms with Crippen LogP contribution in [0.1, 0.15) is 472 Å². The molecule has 0 spiro atoms. The Bertz CT molecular complexity index is 2050. The highest BCUT2D eigenvalue weighted by Gasteiger charge is 2.30. The molecule has 0 aromatic carbocycles. The van der Waals surface area contributed by atoms with Gasteiger partial charge in [-0.1, -0.05) is 420 Å². The lowest BCUT2D eigenvalue weighted by molar-refractivity contribution is -0.161. The molecular weight excluding hydrogens is 1390 g/mol. The highest BCUT2D eigenvalue weighted by molar-refractivity contribution is 7.47. The molecule has 0 aromatic rings. The second-order valence-corrected chi connectivity index (χ2v) is 35.5. The van der Waals surface area contributed by atoms with Gasteiger partial charge in [0, 0.05) is 25.7 Å². The third-order valence-electron chi connectivity index (χ3n) is 20.7. The van der Waals surface area contributed by atoms with Crippen LogP contribution in [0.2, 0.25) is 0 Å². The lowest BCUT2D eigenvalue weighted by atomic mass is 10.0. The smallest absolute Gasteiger partial charge is 0.462 e. The zero-order valence-electron chi connectivity index (χ0n) is 70.5. The van der Waals surface area contributed by atoms with E-state index in [0.29, 0.717) is 25.7 Å². The third-order valence-corrected chi connectivity index (χ3v) is 22.6. The average Bonchev–Trinajstić information content (AvgIpc) is 0.901. The quantitative estimate of drug-likeness (QED) is 0.0222. The van der Waals surface area contributed by atoms with Crippen molar-refractivity contribution in [2.75, 3.05) is 39.6 Å². The van der Waals surface area contributed by atoms with E-state index in [-0.39, 0.29) is 25.7 Å². The summed E-state index contributed by atoms with van der Waals surface area (Å²) in [5.41, 5.74) is 0. The first kappa shape index (κ1) is 105. The van der Waals surface area contributed by atoms with Crippen LogP contribution in [0.3, 0.4) is 0 Å². The van der Waals surface area contributed by atoms with Crippen LogP contribution in [0.25, 0.3) is 0 Å². The molecule has 0 aliphatic rings. The predicted molar refractivity (Wildman–Crippen MR) is 442 cm³/mol. The monoisotopic (exact) mass is 1560 g/mol. The molecule has 0 bridgehead atoms. The Morgan fingerprint density at radius 1 is 0.252 bits per heavy atom. The van der Waals surface area contributed by atoms with Crippen LogP contribution < -0.4 is 0 Å². The number of phosphoric acid groups is 2. The number of unbranched alkanes of at least 4 members (excludes halogenated alkanes) is 57. The molecule has 0 fully saturated rings. The van der Waals surface area contributed by atoms with Crippen molar-refractivity contribution in [2.24, 2.45) is 11.8 Å². The minimum absolute atomic E-state index is 0.107. The summed E-state index contributed by atoms with van der Waals surface area (Å²) in [4.78, 5) is 73.3. The summed E-state index contributed by atoms with van der Waals surface area (Å²) in [7, 11) is -9.93. The van der Waals surface area contributed by atoms with Crippen molar-refractivity contribution < 1.29 is 80.2 Å². The molecule has 0 saturated carbocycles. The van der Waals surface area contributed by atoms with E-state index in [4.69, 9.17) is 37.0 Å². The van der Waals surface area contributed by atoms with Gasteiger partial charge in [-0.15, -0.1) is 0 Å². The average molecular weight is 1560 g/mol. The number of carbonyl (C=O) groups is 4. The summed E-state index contributed by atoms with van der Waals surface area (Å²) in [5, 5.41) is 10.7. The minimum atomic E-state index is -4.97. The third kappa shape index (κ3) is 81.9. The lowest BCUT2D eigenvalue weighted by Crippen LogP contribution is -2.30. The maximum absolute atomic E-state index is 13.2. The van der Waals surface area contributed by atoms with Gasteiger partial charge in [0.05, 0.1) is 26.4 Å². The Morgan fingerprint density at radius 3 is 0.636 bits per heavy atom. The highest BCUT2D eigenvalue weighted by Crippen LogP contribution is 2.45. The molecule has 5 atom stereocenters. The Morgan fingerprint density at radius 2 is 0.430 bits per heavy atom. The first-order chi connectivity index (χ1) is 51.9. The Balaban J connectivity index is 5.25. The summed E-state index contributed by atoms with van der Waals surface area (Å²) in [5.74, 6) is -0.569. The van der Waals surface area contributed by atoms with Crippen LogP contribution in [-0.4, -0.2) is 96.7 Å². The number of hydrogen-bond donors (Lipinski definition) is 3. The van der Waals surface area contributed by atoms with Crippen molar-refractivity contribution in [3.63, 3.8) is 0 Å². The molecule has 636 valence electrons. The number of carbonyl (C=O) groups excluding carboxylic acids is 4. The molecule has 0 radical (unpaired) electrons. The fourth-order valence-corrected chi connectivity index (χ4v) is 15.4. The van der Waals surface area contributed by atoms with Crippen molar-refractivity contribution >= 4 is 39.5 Å². The number of aliphatic hydroxyl groups excluding tert-OH is 1. The van der Waals surface area contributed by atoms with E-state index in [0.717, 1.165) is 102 Å². The van der Waals surface area contributed by atoms with Crippen molar-refractivity contribution in [1.29, 1.82) is 0 Å². The molecule has 19 heteroatoms. The molecule has 3 N–H and O–H groups in total. The fraction of sp³-hybridized carbons (Fsp3) is 0.955. The van der Waals surface area contributed by atoms with E-state index < -0.39 is 97.5 Å². The van der Waals surface area contributed by atoms with E-state index in [1.807, 2.05) is 0 Å². The lowest BCUT2D eigenvalue weighted by Gasteiger charge is -2.21. The predicted octanol–water partition coefficient (Wildman–Crippen LogP) is 27.0. The number of hydrogen-bond acceptors (Lipinski definition) is 15. The summed E-state index contributed by atoms with van der Waals surface area (Å²) in [6.45, 7) is 9.68. The van der Waals surface area contributed by atoms with Gasteiger partial charge < -0.3 is 33.8 Å². The number of phosphoric ester groups is 2. The van der Waals surface area contributed by atoms with Gasteiger partial charge in [-0.25, -0.2) is 9.13 Å². The maximum atomic E-state index is 13.2. The van der Waals surface area contributed by atoms with E-state index >= 15 is 0 Å². The highest BCUT2D eigenvalue weighted by atomic mass is 31.2. The first-order valence-electron chi connectivity index (χ1n) is 45.5. The number of esters is 4. The number of aliphatic hydroxyl groups is 1. The van der Waals surface area contributed by atoms with Gasteiger partial charge in [0.25, 0.3) is 0 Å². The largest absolute Gasteiger partial charge is 0.472 e. The van der Waals surface area contributed by atoms with Crippen molar-refractivity contribution in [1.82, 2.24) is 0 Å². The summed E-state index contributed by atoms with van der Waals surface area (Å²) >= 11 is 0. The Hall–Kier alpha value is -1.94. The zero-order valence-corrected chi connectivity index (χ0v) is 72.2. The minimum Gasteiger partial charge on any atom is -0.462 e. The van der Waals surface area contributed by atoms with Gasteiger partial charge >= 0.3 is 39.5 Å². The molecule has 2 unspecified atom stereocenters. The van der Waals surface area contributed by atoms with Crippen LogP contribution in [0.4, 0.5) is 0 Å². The molecule has 107 heavy (non-hydrogen) atoms. The fourth-order valence-electron chi connectivity index (χ4n) is 13.8. The Labute approximate surface area is 658 Å². The normalized spacial score (nSPS) is 13.8. The van der Waals surface area contributed by atoms with Crippen molar-refractivity contribution in [3.05, 3.63) is 0 Å². The maximum Gasteiger partial charge on any atom is 0.472 e. The van der Waals surface area contributed by atoms with Crippen LogP contribution in [0, 0.1) is 11.8 Å². The molecule has 0 aliphatic carbocycles. The molecule has 0 aliphatic heterocycles. The Kier molecular flexibility index (Phi) is 77.9. The molecule has 0 saturated heterocycles. The standard InChI is InChI=1S/C88H172O17P2/c1-7-9-11-13-15-17-19-21-23-25-27-29-31-33-37-41-47-54-60-66-72-87(92)104-83(76-98-85(90)70-64-58-52-46-40-36-32-30-28-26-24-22-20-18-16-14-12-10-8-2)78-102-106(94,95)100-74-82(89)75-101-107(96,97)103-79-84(77-99-86(91)71-65-59-53-49-43-45-51-57-63-69-81(5)6)105-88(93)73-67-61-55-48-42-38-34-35-39-44-50-56-62-68-80(3)4/h80-84,89H,7-79H2,1-6H3,(H,94,95)(H,96,97)/t82-,83-,84-/m1/s1. The topological polar surface area (TPSA) is 237 Å². The van der Waals surface area contributed by atoms with Crippen LogP contribution in [0.5, 0.6) is 0 Å². The van der Waals surface area contributed by atoms with Gasteiger partial charge in [-0.3, -0.25) is 37.3 Å². The van der Waals surface area contributed by atoms with Gasteiger partial charge in [-0.05, 0) is 37.5 Å². The molecule has 17 nitrogen and oxygen atoms in total. The van der Waals surface area contributed by atoms with E-state index in [1.54, 1.807) is 0 Å². The molecule has 0 amide bonds. The summed E-state index contributed by atoms with van der Waals surface area (Å²) < 4.78 is 69.0. The zero-order chi connectivity index (χ0) is 78.5.